The van der Waals surface area contributed by atoms with Crippen LogP contribution in [0.1, 0.15) is 115 Å². The van der Waals surface area contributed by atoms with Gasteiger partial charge in [0.15, 0.2) is 0 Å². The maximum atomic E-state index is 14.1. The Labute approximate surface area is 253 Å². The van der Waals surface area contributed by atoms with E-state index in [-0.39, 0.29) is 11.9 Å². The summed E-state index contributed by atoms with van der Waals surface area (Å²) in [6.45, 7) is 6.47. The fraction of sp³-hybridized carbons (Fsp3) is 0.417. The number of ether oxygens (including phenoxy) is 1. The zero-order valence-electron chi connectivity index (χ0n) is 25.1. The SMILES string of the molecule is CCOC(=O)c1c(NC(=O)c2cc(-c3ccc(C(C)C)cc3)nc3ccccc23)sc2c1CCCCCCCCCC2. The first-order valence-corrected chi connectivity index (χ1v) is 16.4. The molecule has 0 aliphatic heterocycles. The highest BCUT2D eigenvalue weighted by Crippen LogP contribution is 2.38. The molecule has 0 radical (unpaired) electrons. The van der Waals surface area contributed by atoms with Gasteiger partial charge in [0.25, 0.3) is 5.91 Å². The van der Waals surface area contributed by atoms with Crippen LogP contribution in [0.15, 0.2) is 54.6 Å². The largest absolute Gasteiger partial charge is 0.462 e. The molecule has 1 aliphatic rings. The third-order valence-corrected chi connectivity index (χ3v) is 9.42. The predicted molar refractivity (Wildman–Crippen MR) is 174 cm³/mol. The average molecular weight is 583 g/mol. The molecule has 0 fully saturated rings. The number of benzene rings is 2. The standard InChI is InChI=1S/C36H42N2O3S/c1-4-41-36(40)33-28-16-11-9-7-5-6-8-10-12-18-32(28)42-35(33)38-34(39)29-23-31(37-30-17-14-13-15-27(29)30)26-21-19-25(20-22-26)24(2)3/h13-15,17,19-24H,4-12,16,18H2,1-3H3,(H,38,39). The van der Waals surface area contributed by atoms with Gasteiger partial charge in [0.05, 0.1) is 28.9 Å². The minimum atomic E-state index is -0.345. The first kappa shape index (κ1) is 30.0. The Kier molecular flexibility index (Phi) is 10.1. The quantitative estimate of drug-likeness (QED) is 0.230. The average Bonchev–Trinajstić information content (AvgIpc) is 3.32. The number of esters is 1. The zero-order valence-corrected chi connectivity index (χ0v) is 25.9. The number of rotatable bonds is 6. The lowest BCUT2D eigenvalue weighted by Gasteiger charge is -2.12. The van der Waals surface area contributed by atoms with E-state index in [1.54, 1.807) is 11.3 Å². The minimum absolute atomic E-state index is 0.239. The number of nitrogens with one attached hydrogen (secondary N) is 1. The van der Waals surface area contributed by atoms with Gasteiger partial charge in [-0.15, -0.1) is 11.3 Å². The summed E-state index contributed by atoms with van der Waals surface area (Å²) in [5, 5.41) is 4.55. The number of aromatic nitrogens is 1. The van der Waals surface area contributed by atoms with Crippen molar-refractivity contribution in [2.75, 3.05) is 11.9 Å². The Morgan fingerprint density at radius 1 is 0.905 bits per heavy atom. The van der Waals surface area contributed by atoms with Crippen molar-refractivity contribution < 1.29 is 14.3 Å². The molecule has 1 aliphatic carbocycles. The highest BCUT2D eigenvalue weighted by atomic mass is 32.1. The van der Waals surface area contributed by atoms with Gasteiger partial charge < -0.3 is 10.1 Å². The first-order chi connectivity index (χ1) is 20.5. The number of para-hydroxylation sites is 1. The van der Waals surface area contributed by atoms with E-state index in [1.165, 1.54) is 42.5 Å². The molecular weight excluding hydrogens is 540 g/mol. The van der Waals surface area contributed by atoms with E-state index in [0.29, 0.717) is 28.7 Å². The molecule has 5 nitrogen and oxygen atoms in total. The molecule has 5 rings (SSSR count). The number of anilines is 1. The highest BCUT2D eigenvalue weighted by Gasteiger charge is 2.26. The number of amides is 1. The Bertz CT molecular complexity index is 1540. The number of fused-ring (bicyclic) bond motifs is 2. The van der Waals surface area contributed by atoms with Gasteiger partial charge in [-0.1, -0.05) is 94.8 Å². The topological polar surface area (TPSA) is 68.3 Å². The zero-order chi connectivity index (χ0) is 29.5. The van der Waals surface area contributed by atoms with Crippen molar-refractivity contribution in [2.24, 2.45) is 0 Å². The number of pyridine rings is 1. The summed E-state index contributed by atoms with van der Waals surface area (Å²) in [6, 6.07) is 18.0. The van der Waals surface area contributed by atoms with Crippen LogP contribution in [0.3, 0.4) is 0 Å². The molecule has 2 aromatic carbocycles. The van der Waals surface area contributed by atoms with Gasteiger partial charge in [-0.25, -0.2) is 9.78 Å². The molecule has 0 saturated carbocycles. The summed E-state index contributed by atoms with van der Waals surface area (Å²) in [5.74, 6) is -0.147. The summed E-state index contributed by atoms with van der Waals surface area (Å²) < 4.78 is 5.53. The van der Waals surface area contributed by atoms with Crippen molar-refractivity contribution in [2.45, 2.75) is 90.9 Å². The van der Waals surface area contributed by atoms with Crippen LogP contribution >= 0.6 is 11.3 Å². The summed E-state index contributed by atoms with van der Waals surface area (Å²) in [4.78, 5) is 33.5. The van der Waals surface area contributed by atoms with E-state index < -0.39 is 0 Å². The Morgan fingerprint density at radius 2 is 1.57 bits per heavy atom. The Hall–Kier alpha value is -3.51. The fourth-order valence-electron chi connectivity index (χ4n) is 5.85. The smallest absolute Gasteiger partial charge is 0.341 e. The number of hydrogen-bond donors (Lipinski definition) is 1. The molecular formula is C36H42N2O3S. The molecule has 0 unspecified atom stereocenters. The molecule has 6 heteroatoms. The van der Waals surface area contributed by atoms with E-state index in [1.807, 2.05) is 37.3 Å². The monoisotopic (exact) mass is 582 g/mol. The molecule has 220 valence electrons. The van der Waals surface area contributed by atoms with Crippen LogP contribution in [0, 0.1) is 0 Å². The second kappa shape index (κ2) is 14.1. The molecule has 0 bridgehead atoms. The number of carbonyl (C=O) groups excluding carboxylic acids is 2. The van der Waals surface area contributed by atoms with Gasteiger partial charge in [-0.05, 0) is 61.8 Å². The third kappa shape index (κ3) is 6.92. The van der Waals surface area contributed by atoms with Crippen molar-refractivity contribution in [3.63, 3.8) is 0 Å². The summed E-state index contributed by atoms with van der Waals surface area (Å²) in [5.41, 5.74) is 5.89. The second-order valence-corrected chi connectivity index (χ2v) is 12.7. The van der Waals surface area contributed by atoms with Crippen molar-refractivity contribution >= 4 is 39.1 Å². The van der Waals surface area contributed by atoms with E-state index >= 15 is 0 Å². The summed E-state index contributed by atoms with van der Waals surface area (Å²) in [6.07, 6.45) is 11.3. The Morgan fingerprint density at radius 3 is 2.26 bits per heavy atom. The normalized spacial score (nSPS) is 14.6. The van der Waals surface area contributed by atoms with E-state index in [4.69, 9.17) is 9.72 Å². The summed E-state index contributed by atoms with van der Waals surface area (Å²) >= 11 is 1.55. The lowest BCUT2D eigenvalue weighted by molar-refractivity contribution is 0.0526. The molecule has 0 spiro atoms. The van der Waals surface area contributed by atoms with Gasteiger partial charge in [0.2, 0.25) is 0 Å². The van der Waals surface area contributed by atoms with Crippen LogP contribution in [0.25, 0.3) is 22.2 Å². The van der Waals surface area contributed by atoms with Crippen molar-refractivity contribution in [1.82, 2.24) is 4.98 Å². The van der Waals surface area contributed by atoms with Crippen molar-refractivity contribution in [3.05, 3.63) is 81.7 Å². The van der Waals surface area contributed by atoms with Crippen LogP contribution in [0.4, 0.5) is 5.00 Å². The number of nitrogens with zero attached hydrogens (tertiary/aromatic N) is 1. The van der Waals surface area contributed by atoms with Crippen LogP contribution in [-0.2, 0) is 17.6 Å². The molecule has 2 aromatic heterocycles. The van der Waals surface area contributed by atoms with Crippen LogP contribution in [0.5, 0.6) is 0 Å². The van der Waals surface area contributed by atoms with Crippen LogP contribution < -0.4 is 5.32 Å². The second-order valence-electron chi connectivity index (χ2n) is 11.6. The minimum Gasteiger partial charge on any atom is -0.462 e. The van der Waals surface area contributed by atoms with Crippen LogP contribution in [-0.4, -0.2) is 23.5 Å². The van der Waals surface area contributed by atoms with Gasteiger partial charge in [0, 0.05) is 15.8 Å². The summed E-state index contributed by atoms with van der Waals surface area (Å²) in [7, 11) is 0. The predicted octanol–water partition coefficient (Wildman–Crippen LogP) is 9.74. The van der Waals surface area contributed by atoms with E-state index in [2.05, 4.69) is 43.4 Å². The number of aryl methyl sites for hydroxylation is 1. The third-order valence-electron chi connectivity index (χ3n) is 8.21. The first-order valence-electron chi connectivity index (χ1n) is 15.6. The molecule has 0 saturated heterocycles. The van der Waals surface area contributed by atoms with Gasteiger partial charge >= 0.3 is 5.97 Å². The van der Waals surface area contributed by atoms with E-state index in [0.717, 1.165) is 59.8 Å². The molecule has 42 heavy (non-hydrogen) atoms. The number of hydrogen-bond acceptors (Lipinski definition) is 5. The molecule has 2 heterocycles. The highest BCUT2D eigenvalue weighted by molar-refractivity contribution is 7.17. The van der Waals surface area contributed by atoms with Crippen LogP contribution in [0.2, 0.25) is 0 Å². The van der Waals surface area contributed by atoms with E-state index in [9.17, 15) is 9.59 Å². The molecule has 1 N–H and O–H groups in total. The Balaban J connectivity index is 1.53. The number of carbonyl (C=O) groups is 2. The lowest BCUT2D eigenvalue weighted by Crippen LogP contribution is -2.16. The lowest BCUT2D eigenvalue weighted by atomic mass is 9.97. The van der Waals surface area contributed by atoms with Gasteiger partial charge in [-0.2, -0.15) is 0 Å². The van der Waals surface area contributed by atoms with Gasteiger partial charge in [0.1, 0.15) is 5.00 Å². The molecule has 4 aromatic rings. The molecule has 0 atom stereocenters. The molecule has 1 amide bonds. The van der Waals surface area contributed by atoms with Crippen molar-refractivity contribution in [3.8, 4) is 11.3 Å². The fourth-order valence-corrected chi connectivity index (χ4v) is 7.13. The number of thiophene rings is 1. The maximum Gasteiger partial charge on any atom is 0.341 e. The van der Waals surface area contributed by atoms with Gasteiger partial charge in [-0.3, -0.25) is 4.79 Å². The maximum absolute atomic E-state index is 14.1. The van der Waals surface area contributed by atoms with Crippen molar-refractivity contribution in [1.29, 1.82) is 0 Å².